The van der Waals surface area contributed by atoms with Gasteiger partial charge in [0.15, 0.2) is 0 Å². The second kappa shape index (κ2) is 3.75. The number of benzene rings is 1. The van der Waals surface area contributed by atoms with E-state index in [0.29, 0.717) is 11.8 Å². The normalized spacial score (nSPS) is 42.4. The molecule has 4 nitrogen and oxygen atoms in total. The molecule has 1 N–H and O–H groups in total. The molecule has 4 heteroatoms. The third-order valence-electron chi connectivity index (χ3n) is 5.70. The number of hydrazine groups is 1. The Morgan fingerprint density at radius 2 is 1.62 bits per heavy atom. The van der Waals surface area contributed by atoms with Crippen molar-refractivity contribution in [3.8, 4) is 0 Å². The Bertz CT molecular complexity index is 669. The van der Waals surface area contributed by atoms with Crippen molar-refractivity contribution in [2.45, 2.75) is 6.42 Å². The van der Waals surface area contributed by atoms with Crippen LogP contribution in [0, 0.1) is 35.5 Å². The van der Waals surface area contributed by atoms with E-state index in [4.69, 9.17) is 0 Å². The number of allylic oxidation sites excluding steroid dienone is 2. The number of rotatable bonds is 1. The zero-order valence-electron chi connectivity index (χ0n) is 11.5. The molecule has 3 fully saturated rings. The lowest BCUT2D eigenvalue weighted by Crippen LogP contribution is -2.64. The Labute approximate surface area is 122 Å². The number of carbonyl (C=O) groups is 2. The smallest absolute Gasteiger partial charge is 0.250 e. The number of anilines is 1. The molecular weight excluding hydrogens is 264 g/mol. The van der Waals surface area contributed by atoms with Gasteiger partial charge in [0.1, 0.15) is 0 Å². The molecule has 0 aromatic heterocycles. The van der Waals surface area contributed by atoms with Crippen LogP contribution < -0.4 is 10.4 Å². The Morgan fingerprint density at radius 1 is 0.952 bits per heavy atom. The largest absolute Gasteiger partial charge is 0.273 e. The molecule has 1 aromatic carbocycles. The van der Waals surface area contributed by atoms with Gasteiger partial charge in [-0.3, -0.25) is 15.0 Å². The van der Waals surface area contributed by atoms with Crippen molar-refractivity contribution in [2.24, 2.45) is 35.5 Å². The predicted molar refractivity (Wildman–Crippen MR) is 76.8 cm³/mol. The summed E-state index contributed by atoms with van der Waals surface area (Å²) in [6.45, 7) is 0. The molecule has 2 bridgehead atoms. The minimum absolute atomic E-state index is 0.00755. The highest BCUT2D eigenvalue weighted by molar-refractivity contribution is 6.04. The highest BCUT2D eigenvalue weighted by Crippen LogP contribution is 2.64. The van der Waals surface area contributed by atoms with Crippen molar-refractivity contribution >= 4 is 17.5 Å². The van der Waals surface area contributed by atoms with Gasteiger partial charge in [-0.25, -0.2) is 5.01 Å². The van der Waals surface area contributed by atoms with Gasteiger partial charge in [0.25, 0.3) is 0 Å². The Kier molecular flexibility index (Phi) is 2.06. The topological polar surface area (TPSA) is 49.4 Å². The zero-order valence-corrected chi connectivity index (χ0v) is 11.5. The van der Waals surface area contributed by atoms with Crippen molar-refractivity contribution in [3.05, 3.63) is 42.5 Å². The van der Waals surface area contributed by atoms with Gasteiger partial charge in [0.05, 0.1) is 17.5 Å². The van der Waals surface area contributed by atoms with Crippen molar-refractivity contribution in [1.29, 1.82) is 0 Å². The van der Waals surface area contributed by atoms with Crippen molar-refractivity contribution < 1.29 is 9.59 Å². The van der Waals surface area contributed by atoms with Gasteiger partial charge in [-0.1, -0.05) is 30.4 Å². The Morgan fingerprint density at radius 3 is 2.33 bits per heavy atom. The average molecular weight is 280 g/mol. The van der Waals surface area contributed by atoms with E-state index in [1.165, 1.54) is 11.4 Å². The van der Waals surface area contributed by atoms with Crippen LogP contribution >= 0.6 is 0 Å². The molecule has 21 heavy (non-hydrogen) atoms. The summed E-state index contributed by atoms with van der Waals surface area (Å²) in [5, 5.41) is 1.45. The number of hydrogen-bond donors (Lipinski definition) is 1. The van der Waals surface area contributed by atoms with Crippen LogP contribution in [-0.2, 0) is 9.59 Å². The molecule has 0 unspecified atom stereocenters. The molecule has 6 rings (SSSR count). The molecular formula is C17H16N2O2. The molecule has 5 aliphatic rings. The summed E-state index contributed by atoms with van der Waals surface area (Å²) in [4.78, 5) is 25.5. The molecule has 106 valence electrons. The second-order valence-electron chi connectivity index (χ2n) is 6.64. The van der Waals surface area contributed by atoms with Crippen LogP contribution in [0.25, 0.3) is 0 Å². The predicted octanol–water partition coefficient (Wildman–Crippen LogP) is 1.75. The standard InChI is InChI=1S/C17H16N2O2/c20-16-14-10-6-7-11(13-8-12(10)13)15(14)17(21)19(18-16)9-4-2-1-3-5-9/h1-7,10-15H,8H2,(H,18,20)/t10-,11+,12+,13+,14-,15+/m1/s1. The van der Waals surface area contributed by atoms with Gasteiger partial charge < -0.3 is 0 Å². The molecule has 6 atom stereocenters. The van der Waals surface area contributed by atoms with E-state index >= 15 is 0 Å². The molecule has 4 aliphatic carbocycles. The highest BCUT2D eigenvalue weighted by Gasteiger charge is 2.64. The first-order valence-corrected chi connectivity index (χ1v) is 7.63. The number of nitrogens with one attached hydrogen (secondary N) is 1. The minimum Gasteiger partial charge on any atom is -0.273 e. The third-order valence-corrected chi connectivity index (χ3v) is 5.70. The maximum atomic E-state index is 12.9. The quantitative estimate of drug-likeness (QED) is 0.797. The Hall–Kier alpha value is -2.10. The van der Waals surface area contributed by atoms with E-state index in [1.54, 1.807) is 0 Å². The SMILES string of the molecule is O=C1NN(c2ccccc2)C(=O)[C@H]2[C@H]3C=C[C@H]([C@@H]4C[C@@H]34)[C@@H]12. The molecule has 0 spiro atoms. The van der Waals surface area contributed by atoms with E-state index in [0.717, 1.165) is 5.69 Å². The number of para-hydroxylation sites is 1. The first kappa shape index (κ1) is 11.5. The summed E-state index contributed by atoms with van der Waals surface area (Å²) in [5.74, 6) is 1.54. The molecule has 2 saturated carbocycles. The number of amides is 2. The summed E-state index contributed by atoms with van der Waals surface area (Å²) >= 11 is 0. The lowest BCUT2D eigenvalue weighted by molar-refractivity contribution is -0.146. The van der Waals surface area contributed by atoms with Crippen molar-refractivity contribution in [1.82, 2.24) is 5.43 Å². The van der Waals surface area contributed by atoms with Gasteiger partial charge in [0.2, 0.25) is 11.8 Å². The maximum absolute atomic E-state index is 12.9. The monoisotopic (exact) mass is 280 g/mol. The second-order valence-corrected chi connectivity index (χ2v) is 6.64. The lowest BCUT2D eigenvalue weighted by atomic mass is 9.61. The number of hydrogen-bond acceptors (Lipinski definition) is 2. The summed E-state index contributed by atoms with van der Waals surface area (Å²) in [7, 11) is 0. The van der Waals surface area contributed by atoms with Gasteiger partial charge >= 0.3 is 0 Å². The first-order valence-electron chi connectivity index (χ1n) is 7.63. The van der Waals surface area contributed by atoms with Gasteiger partial charge in [0, 0.05) is 0 Å². The molecule has 1 heterocycles. The van der Waals surface area contributed by atoms with Gasteiger partial charge in [-0.05, 0) is 42.2 Å². The fraction of sp³-hybridized carbons (Fsp3) is 0.412. The van der Waals surface area contributed by atoms with E-state index in [9.17, 15) is 9.59 Å². The van der Waals surface area contributed by atoms with Crippen LogP contribution in [0.3, 0.4) is 0 Å². The number of carbonyl (C=O) groups excluding carboxylic acids is 2. The maximum Gasteiger partial charge on any atom is 0.250 e. The van der Waals surface area contributed by atoms with Crippen LogP contribution in [0.1, 0.15) is 6.42 Å². The van der Waals surface area contributed by atoms with Crippen LogP contribution in [-0.4, -0.2) is 11.8 Å². The Balaban J connectivity index is 1.56. The minimum atomic E-state index is -0.169. The van der Waals surface area contributed by atoms with Gasteiger partial charge in [-0.2, -0.15) is 0 Å². The van der Waals surface area contributed by atoms with Crippen LogP contribution in [0.15, 0.2) is 42.5 Å². The van der Waals surface area contributed by atoms with E-state index in [2.05, 4.69) is 17.6 Å². The van der Waals surface area contributed by atoms with E-state index < -0.39 is 0 Å². The fourth-order valence-electron chi connectivity index (χ4n) is 4.73. The summed E-state index contributed by atoms with van der Waals surface area (Å²) in [6, 6.07) is 9.38. The average Bonchev–Trinajstić information content (AvgIpc) is 3.33. The lowest BCUT2D eigenvalue weighted by Gasteiger charge is -2.48. The molecule has 0 radical (unpaired) electrons. The van der Waals surface area contributed by atoms with Crippen LogP contribution in [0.4, 0.5) is 5.69 Å². The van der Waals surface area contributed by atoms with Gasteiger partial charge in [-0.15, -0.1) is 0 Å². The summed E-state index contributed by atoms with van der Waals surface area (Å²) < 4.78 is 0. The summed E-state index contributed by atoms with van der Waals surface area (Å²) in [6.07, 6.45) is 5.56. The van der Waals surface area contributed by atoms with E-state index in [1.807, 2.05) is 30.3 Å². The molecule has 1 saturated heterocycles. The van der Waals surface area contributed by atoms with E-state index in [-0.39, 0.29) is 35.5 Å². The molecule has 1 aliphatic heterocycles. The fourth-order valence-corrected chi connectivity index (χ4v) is 4.73. The number of nitrogens with zero attached hydrogens (tertiary/aromatic N) is 1. The first-order chi connectivity index (χ1) is 10.3. The molecule has 1 aromatic rings. The molecule has 2 amide bonds. The highest BCUT2D eigenvalue weighted by atomic mass is 16.2. The third kappa shape index (κ3) is 1.40. The van der Waals surface area contributed by atoms with Crippen molar-refractivity contribution in [3.63, 3.8) is 0 Å². The van der Waals surface area contributed by atoms with Crippen LogP contribution in [0.5, 0.6) is 0 Å². The zero-order chi connectivity index (χ0) is 14.1. The van der Waals surface area contributed by atoms with Crippen LogP contribution in [0.2, 0.25) is 0 Å². The van der Waals surface area contributed by atoms with Crippen molar-refractivity contribution in [2.75, 3.05) is 5.01 Å². The summed E-state index contributed by atoms with van der Waals surface area (Å²) in [5.41, 5.74) is 3.56.